The molecule has 3 aromatic rings. The zero-order valence-corrected chi connectivity index (χ0v) is 18.8. The molecule has 4 rings (SSSR count). The minimum absolute atomic E-state index is 0.156. The van der Waals surface area contributed by atoms with Crippen LogP contribution in [0.15, 0.2) is 96.3 Å². The van der Waals surface area contributed by atoms with E-state index in [1.54, 1.807) is 36.4 Å². The number of anilines is 1. The molecule has 0 saturated carbocycles. The van der Waals surface area contributed by atoms with Gasteiger partial charge in [0.2, 0.25) is 0 Å². The number of hydrogen-bond donors (Lipinski definition) is 1. The summed E-state index contributed by atoms with van der Waals surface area (Å²) in [4.78, 5) is 38.5. The first-order chi connectivity index (χ1) is 16.9. The van der Waals surface area contributed by atoms with Gasteiger partial charge in [-0.1, -0.05) is 48.5 Å². The van der Waals surface area contributed by atoms with Crippen LogP contribution < -0.4 is 9.64 Å². The zero-order chi connectivity index (χ0) is 24.9. The van der Waals surface area contributed by atoms with Crippen LogP contribution in [0.25, 0.3) is 6.08 Å². The molecule has 0 bridgehead atoms. The molecule has 1 atom stereocenters. The van der Waals surface area contributed by atoms with Gasteiger partial charge in [0, 0.05) is 17.8 Å². The Hall–Kier alpha value is -4.72. The first-order valence-corrected chi connectivity index (χ1v) is 10.9. The van der Waals surface area contributed by atoms with E-state index >= 15 is 0 Å². The lowest BCUT2D eigenvalue weighted by Crippen LogP contribution is -2.30. The summed E-state index contributed by atoms with van der Waals surface area (Å²) in [6.45, 7) is 2.31. The van der Waals surface area contributed by atoms with Gasteiger partial charge in [0.25, 0.3) is 11.6 Å². The summed E-state index contributed by atoms with van der Waals surface area (Å²) >= 11 is 0. The maximum atomic E-state index is 13.3. The number of carbonyl (C=O) groups excluding carboxylic acids is 2. The van der Waals surface area contributed by atoms with Crippen molar-refractivity contribution in [3.8, 4) is 5.75 Å². The Morgan fingerprint density at radius 2 is 1.80 bits per heavy atom. The number of carbonyl (C=O) groups is 2. The lowest BCUT2D eigenvalue weighted by molar-refractivity contribution is -0.384. The molecular weight excluding hydrogens is 448 g/mol. The van der Waals surface area contributed by atoms with E-state index in [9.17, 15) is 24.8 Å². The third-order valence-electron chi connectivity index (χ3n) is 5.52. The number of aliphatic hydroxyl groups excluding tert-OH is 1. The Kier molecular flexibility index (Phi) is 6.73. The molecular formula is C27H22N2O6. The normalized spacial score (nSPS) is 15.6. The minimum atomic E-state index is -1.06. The molecule has 1 heterocycles. The molecule has 8 heteroatoms. The topological polar surface area (TPSA) is 110 Å². The fraction of sp³-hybridized carbons (Fsp3) is 0.111. The molecule has 0 spiro atoms. The number of ketones is 1. The molecule has 0 aromatic heterocycles. The second-order valence-electron chi connectivity index (χ2n) is 7.73. The van der Waals surface area contributed by atoms with Crippen molar-refractivity contribution in [3.63, 3.8) is 0 Å². The van der Waals surface area contributed by atoms with Gasteiger partial charge in [0.15, 0.2) is 11.5 Å². The Morgan fingerprint density at radius 3 is 2.46 bits per heavy atom. The number of nitro benzene ring substituents is 1. The van der Waals surface area contributed by atoms with Gasteiger partial charge in [0.1, 0.15) is 5.75 Å². The number of rotatable bonds is 8. The molecule has 1 amide bonds. The summed E-state index contributed by atoms with van der Waals surface area (Å²) in [5.74, 6) is -1.46. The maximum absolute atomic E-state index is 13.3. The summed E-state index contributed by atoms with van der Waals surface area (Å²) in [6, 6.07) is 20.3. The van der Waals surface area contributed by atoms with Crippen molar-refractivity contribution in [2.24, 2.45) is 0 Å². The van der Waals surface area contributed by atoms with Crippen molar-refractivity contribution in [2.75, 3.05) is 11.5 Å². The number of ether oxygens (including phenoxy) is 1. The molecule has 0 radical (unpaired) electrons. The highest BCUT2D eigenvalue weighted by atomic mass is 16.6. The molecule has 8 nitrogen and oxygen atoms in total. The van der Waals surface area contributed by atoms with E-state index in [0.29, 0.717) is 23.6 Å². The number of allylic oxidation sites excluding steroid dienone is 1. The second-order valence-corrected chi connectivity index (χ2v) is 7.73. The molecule has 35 heavy (non-hydrogen) atoms. The Labute approximate surface area is 201 Å². The molecule has 1 aliphatic heterocycles. The smallest absolute Gasteiger partial charge is 0.294 e. The third-order valence-corrected chi connectivity index (χ3v) is 5.52. The number of non-ortho nitro benzene ring substituents is 1. The van der Waals surface area contributed by atoms with E-state index in [4.69, 9.17) is 4.74 Å². The molecule has 1 aliphatic rings. The van der Waals surface area contributed by atoms with E-state index in [2.05, 4.69) is 0 Å². The first-order valence-electron chi connectivity index (χ1n) is 10.9. The summed E-state index contributed by atoms with van der Waals surface area (Å²) in [6.07, 6.45) is 2.86. The largest absolute Gasteiger partial charge is 0.503 e. The van der Waals surface area contributed by atoms with Gasteiger partial charge in [-0.2, -0.15) is 0 Å². The van der Waals surface area contributed by atoms with E-state index in [0.717, 1.165) is 5.56 Å². The van der Waals surface area contributed by atoms with Crippen LogP contribution in [0.4, 0.5) is 11.4 Å². The summed E-state index contributed by atoms with van der Waals surface area (Å²) < 4.78 is 5.46. The van der Waals surface area contributed by atoms with Crippen LogP contribution in [0.1, 0.15) is 24.1 Å². The molecule has 176 valence electrons. The average Bonchev–Trinajstić information content (AvgIpc) is 3.14. The summed E-state index contributed by atoms with van der Waals surface area (Å²) in [5.41, 5.74) is 1.13. The molecule has 1 N–H and O–H groups in total. The highest BCUT2D eigenvalue weighted by Crippen LogP contribution is 2.42. The van der Waals surface area contributed by atoms with Crippen LogP contribution in [0.5, 0.6) is 5.75 Å². The van der Waals surface area contributed by atoms with Gasteiger partial charge in [0.05, 0.1) is 23.1 Å². The molecule has 0 fully saturated rings. The van der Waals surface area contributed by atoms with Gasteiger partial charge in [-0.05, 0) is 48.4 Å². The Balaban J connectivity index is 1.79. The van der Waals surface area contributed by atoms with Crippen molar-refractivity contribution in [1.29, 1.82) is 0 Å². The van der Waals surface area contributed by atoms with E-state index in [-0.39, 0.29) is 11.3 Å². The van der Waals surface area contributed by atoms with Crippen molar-refractivity contribution >= 4 is 29.1 Å². The summed E-state index contributed by atoms with van der Waals surface area (Å²) in [7, 11) is 0. The number of nitro groups is 1. The fourth-order valence-electron chi connectivity index (χ4n) is 3.94. The number of hydrogen-bond acceptors (Lipinski definition) is 6. The SMILES string of the molecule is CCOc1ccc(N2C(=O)C(O)=C(C(=O)/C=C/c3ccccc3)C2c2cccc([N+](=O)[O-])c2)cc1. The lowest BCUT2D eigenvalue weighted by Gasteiger charge is -2.26. The first kappa shape index (κ1) is 23.4. The number of nitrogens with zero attached hydrogens (tertiary/aromatic N) is 2. The van der Waals surface area contributed by atoms with Crippen molar-refractivity contribution in [3.05, 3.63) is 118 Å². The molecule has 0 aliphatic carbocycles. The number of amides is 1. The fourth-order valence-corrected chi connectivity index (χ4v) is 3.94. The monoisotopic (exact) mass is 470 g/mol. The highest BCUT2D eigenvalue weighted by Gasteiger charge is 2.44. The van der Waals surface area contributed by atoms with Crippen LogP contribution in [-0.2, 0) is 9.59 Å². The quantitative estimate of drug-likeness (QED) is 0.276. The number of benzene rings is 3. The molecule has 0 saturated heterocycles. The van der Waals surface area contributed by atoms with Crippen molar-refractivity contribution in [2.45, 2.75) is 13.0 Å². The van der Waals surface area contributed by atoms with Crippen molar-refractivity contribution in [1.82, 2.24) is 0 Å². The lowest BCUT2D eigenvalue weighted by atomic mass is 9.95. The second kappa shape index (κ2) is 10.0. The molecule has 3 aromatic carbocycles. The third kappa shape index (κ3) is 4.81. The van der Waals surface area contributed by atoms with Crippen molar-refractivity contribution < 1.29 is 24.4 Å². The van der Waals surface area contributed by atoms with Gasteiger partial charge < -0.3 is 9.84 Å². The predicted octanol–water partition coefficient (Wildman–Crippen LogP) is 5.18. The standard InChI is InChI=1S/C27H22N2O6/c1-2-35-22-14-12-20(13-15-22)28-25(19-9-6-10-21(17-19)29(33)34)24(26(31)27(28)32)23(30)16-11-18-7-4-3-5-8-18/h3-17,25,31H,2H2,1H3/b16-11+. The maximum Gasteiger partial charge on any atom is 0.294 e. The Bertz CT molecular complexity index is 1330. The minimum Gasteiger partial charge on any atom is -0.503 e. The van der Waals surface area contributed by atoms with E-state index < -0.39 is 28.4 Å². The average molecular weight is 470 g/mol. The van der Waals surface area contributed by atoms with Gasteiger partial charge in [-0.25, -0.2) is 0 Å². The van der Waals surface area contributed by atoms with Crippen LogP contribution in [-0.4, -0.2) is 28.3 Å². The zero-order valence-electron chi connectivity index (χ0n) is 18.8. The van der Waals surface area contributed by atoms with E-state index in [1.165, 1.54) is 29.2 Å². The van der Waals surface area contributed by atoms with Crippen LogP contribution in [0.2, 0.25) is 0 Å². The van der Waals surface area contributed by atoms with Crippen LogP contribution in [0.3, 0.4) is 0 Å². The van der Waals surface area contributed by atoms with Crippen LogP contribution in [0, 0.1) is 10.1 Å². The Morgan fingerprint density at radius 1 is 1.09 bits per heavy atom. The number of aliphatic hydroxyl groups is 1. The van der Waals surface area contributed by atoms with Gasteiger partial charge in [-0.3, -0.25) is 24.6 Å². The molecule has 1 unspecified atom stereocenters. The predicted molar refractivity (Wildman–Crippen MR) is 131 cm³/mol. The van der Waals surface area contributed by atoms with Gasteiger partial charge in [-0.15, -0.1) is 0 Å². The van der Waals surface area contributed by atoms with Crippen LogP contribution >= 0.6 is 0 Å². The van der Waals surface area contributed by atoms with E-state index in [1.807, 2.05) is 37.3 Å². The highest BCUT2D eigenvalue weighted by molar-refractivity contribution is 6.19. The summed E-state index contributed by atoms with van der Waals surface area (Å²) in [5, 5.41) is 22.2. The van der Waals surface area contributed by atoms with Gasteiger partial charge >= 0.3 is 0 Å².